The van der Waals surface area contributed by atoms with Crippen molar-refractivity contribution in [3.05, 3.63) is 59.7 Å². The standard InChI is InChI=1S/C16H19NO2/c1-2-12-7-9-13(10-8-12)19-11-16(18)14-5-3-4-6-15(14)17/h3-10,16,18H,2,11,17H2,1H3. The van der Waals surface area contributed by atoms with E-state index in [4.69, 9.17) is 10.5 Å². The van der Waals surface area contributed by atoms with E-state index in [1.165, 1.54) is 5.56 Å². The van der Waals surface area contributed by atoms with Crippen molar-refractivity contribution in [3.8, 4) is 5.75 Å². The Hall–Kier alpha value is -2.00. The second-order valence-electron chi connectivity index (χ2n) is 4.45. The van der Waals surface area contributed by atoms with Gasteiger partial charge in [-0.2, -0.15) is 0 Å². The van der Waals surface area contributed by atoms with Gasteiger partial charge in [0, 0.05) is 11.3 Å². The number of para-hydroxylation sites is 1. The van der Waals surface area contributed by atoms with Crippen LogP contribution >= 0.6 is 0 Å². The minimum absolute atomic E-state index is 0.194. The van der Waals surface area contributed by atoms with Gasteiger partial charge in [-0.1, -0.05) is 37.3 Å². The van der Waals surface area contributed by atoms with Gasteiger partial charge in [-0.3, -0.25) is 0 Å². The molecule has 0 aliphatic carbocycles. The number of anilines is 1. The van der Waals surface area contributed by atoms with E-state index >= 15 is 0 Å². The zero-order valence-corrected chi connectivity index (χ0v) is 11.0. The largest absolute Gasteiger partial charge is 0.491 e. The number of rotatable bonds is 5. The monoisotopic (exact) mass is 257 g/mol. The summed E-state index contributed by atoms with van der Waals surface area (Å²) in [5, 5.41) is 10.1. The van der Waals surface area contributed by atoms with E-state index in [0.29, 0.717) is 11.3 Å². The molecule has 0 aliphatic rings. The van der Waals surface area contributed by atoms with Crippen molar-refractivity contribution < 1.29 is 9.84 Å². The van der Waals surface area contributed by atoms with Crippen molar-refractivity contribution in [1.82, 2.24) is 0 Å². The summed E-state index contributed by atoms with van der Waals surface area (Å²) in [6.45, 7) is 2.30. The number of nitrogens with two attached hydrogens (primary N) is 1. The lowest BCUT2D eigenvalue weighted by atomic mass is 10.1. The first-order valence-electron chi connectivity index (χ1n) is 6.45. The average Bonchev–Trinajstić information content (AvgIpc) is 2.46. The molecule has 0 saturated carbocycles. The molecule has 0 spiro atoms. The molecule has 2 rings (SSSR count). The Morgan fingerprint density at radius 1 is 1.11 bits per heavy atom. The van der Waals surface area contributed by atoms with Gasteiger partial charge in [0.15, 0.2) is 0 Å². The van der Waals surface area contributed by atoms with E-state index in [1.54, 1.807) is 6.07 Å². The fourth-order valence-corrected chi connectivity index (χ4v) is 1.90. The number of hydrogen-bond acceptors (Lipinski definition) is 3. The van der Waals surface area contributed by atoms with Crippen LogP contribution in [-0.4, -0.2) is 11.7 Å². The number of nitrogen functional groups attached to an aromatic ring is 1. The molecule has 0 saturated heterocycles. The summed E-state index contributed by atoms with van der Waals surface area (Å²) in [7, 11) is 0. The zero-order valence-electron chi connectivity index (χ0n) is 11.0. The normalized spacial score (nSPS) is 12.1. The molecule has 2 aromatic rings. The Morgan fingerprint density at radius 3 is 2.42 bits per heavy atom. The van der Waals surface area contributed by atoms with Crippen LogP contribution in [0.2, 0.25) is 0 Å². The van der Waals surface area contributed by atoms with Crippen molar-refractivity contribution in [2.24, 2.45) is 0 Å². The highest BCUT2D eigenvalue weighted by Crippen LogP contribution is 2.21. The van der Waals surface area contributed by atoms with Crippen LogP contribution in [0.25, 0.3) is 0 Å². The molecule has 3 nitrogen and oxygen atoms in total. The van der Waals surface area contributed by atoms with Gasteiger partial charge in [0.25, 0.3) is 0 Å². The molecule has 0 radical (unpaired) electrons. The van der Waals surface area contributed by atoms with Crippen LogP contribution in [0.4, 0.5) is 5.69 Å². The maximum atomic E-state index is 10.1. The molecule has 0 heterocycles. The van der Waals surface area contributed by atoms with E-state index < -0.39 is 6.10 Å². The van der Waals surface area contributed by atoms with Gasteiger partial charge in [0.1, 0.15) is 18.5 Å². The van der Waals surface area contributed by atoms with Crippen LogP contribution in [0.15, 0.2) is 48.5 Å². The summed E-state index contributed by atoms with van der Waals surface area (Å²) in [6.07, 6.45) is 0.288. The Bertz CT molecular complexity index is 523. The van der Waals surface area contributed by atoms with E-state index in [0.717, 1.165) is 12.2 Å². The Morgan fingerprint density at radius 2 is 1.79 bits per heavy atom. The van der Waals surface area contributed by atoms with Crippen molar-refractivity contribution in [1.29, 1.82) is 0 Å². The lowest BCUT2D eigenvalue weighted by Gasteiger charge is -2.14. The Labute approximate surface area is 113 Å². The predicted octanol–water partition coefficient (Wildman–Crippen LogP) is 2.94. The summed E-state index contributed by atoms with van der Waals surface area (Å²) in [5.41, 5.74) is 8.36. The minimum atomic E-state index is -0.716. The maximum absolute atomic E-state index is 10.1. The Balaban J connectivity index is 1.96. The lowest BCUT2D eigenvalue weighted by molar-refractivity contribution is 0.109. The van der Waals surface area contributed by atoms with Gasteiger partial charge in [-0.05, 0) is 30.2 Å². The summed E-state index contributed by atoms with van der Waals surface area (Å²) in [4.78, 5) is 0. The number of ether oxygens (including phenoxy) is 1. The third-order valence-corrected chi connectivity index (χ3v) is 3.09. The van der Waals surface area contributed by atoms with E-state index in [2.05, 4.69) is 6.92 Å². The third kappa shape index (κ3) is 3.48. The quantitative estimate of drug-likeness (QED) is 0.810. The number of aliphatic hydroxyl groups is 1. The molecule has 0 fully saturated rings. The second-order valence-corrected chi connectivity index (χ2v) is 4.45. The van der Waals surface area contributed by atoms with Crippen molar-refractivity contribution in [2.75, 3.05) is 12.3 Å². The van der Waals surface area contributed by atoms with E-state index in [9.17, 15) is 5.11 Å². The summed E-state index contributed by atoms with van der Waals surface area (Å²) in [5.74, 6) is 0.755. The van der Waals surface area contributed by atoms with E-state index in [-0.39, 0.29) is 6.61 Å². The van der Waals surface area contributed by atoms with Crippen LogP contribution in [0.3, 0.4) is 0 Å². The Kier molecular flexibility index (Phi) is 4.42. The van der Waals surface area contributed by atoms with Crippen LogP contribution in [0.1, 0.15) is 24.2 Å². The van der Waals surface area contributed by atoms with Gasteiger partial charge in [-0.15, -0.1) is 0 Å². The molecule has 0 bridgehead atoms. The first-order chi connectivity index (χ1) is 9.20. The fraction of sp³-hybridized carbons (Fsp3) is 0.250. The topological polar surface area (TPSA) is 55.5 Å². The molecule has 19 heavy (non-hydrogen) atoms. The molecule has 3 heteroatoms. The predicted molar refractivity (Wildman–Crippen MR) is 77.1 cm³/mol. The SMILES string of the molecule is CCc1ccc(OCC(O)c2ccccc2N)cc1. The molecule has 0 aromatic heterocycles. The molecule has 1 atom stereocenters. The second kappa shape index (κ2) is 6.25. The number of hydrogen-bond donors (Lipinski definition) is 2. The minimum Gasteiger partial charge on any atom is -0.491 e. The van der Waals surface area contributed by atoms with Crippen molar-refractivity contribution in [2.45, 2.75) is 19.4 Å². The lowest BCUT2D eigenvalue weighted by Crippen LogP contribution is -2.11. The molecule has 0 aliphatic heterocycles. The first kappa shape index (κ1) is 13.4. The van der Waals surface area contributed by atoms with Gasteiger partial charge in [0.05, 0.1) is 0 Å². The van der Waals surface area contributed by atoms with Gasteiger partial charge in [0.2, 0.25) is 0 Å². The molecule has 3 N–H and O–H groups in total. The molecule has 100 valence electrons. The van der Waals surface area contributed by atoms with Gasteiger partial charge >= 0.3 is 0 Å². The summed E-state index contributed by atoms with van der Waals surface area (Å²) in [6, 6.07) is 15.2. The molecule has 2 aromatic carbocycles. The molecule has 0 amide bonds. The van der Waals surface area contributed by atoms with Crippen molar-refractivity contribution in [3.63, 3.8) is 0 Å². The van der Waals surface area contributed by atoms with E-state index in [1.807, 2.05) is 42.5 Å². The smallest absolute Gasteiger partial charge is 0.119 e. The maximum Gasteiger partial charge on any atom is 0.119 e. The van der Waals surface area contributed by atoms with Gasteiger partial charge < -0.3 is 15.6 Å². The third-order valence-electron chi connectivity index (χ3n) is 3.09. The number of aliphatic hydroxyl groups excluding tert-OH is 1. The number of aryl methyl sites for hydroxylation is 1. The highest BCUT2D eigenvalue weighted by atomic mass is 16.5. The van der Waals surface area contributed by atoms with Crippen LogP contribution in [0.5, 0.6) is 5.75 Å². The molecule has 1 unspecified atom stereocenters. The zero-order chi connectivity index (χ0) is 13.7. The van der Waals surface area contributed by atoms with Crippen LogP contribution < -0.4 is 10.5 Å². The average molecular weight is 257 g/mol. The number of benzene rings is 2. The summed E-state index contributed by atoms with van der Waals surface area (Å²) < 4.78 is 5.57. The highest BCUT2D eigenvalue weighted by molar-refractivity contribution is 5.47. The first-order valence-corrected chi connectivity index (χ1v) is 6.45. The fourth-order valence-electron chi connectivity index (χ4n) is 1.90. The molecular weight excluding hydrogens is 238 g/mol. The van der Waals surface area contributed by atoms with Crippen LogP contribution in [-0.2, 0) is 6.42 Å². The summed E-state index contributed by atoms with van der Waals surface area (Å²) >= 11 is 0. The van der Waals surface area contributed by atoms with Crippen LogP contribution in [0, 0.1) is 0 Å². The van der Waals surface area contributed by atoms with Crippen molar-refractivity contribution >= 4 is 5.69 Å². The highest BCUT2D eigenvalue weighted by Gasteiger charge is 2.11. The van der Waals surface area contributed by atoms with Gasteiger partial charge in [-0.25, -0.2) is 0 Å². The molecular formula is C16H19NO2.